The summed E-state index contributed by atoms with van der Waals surface area (Å²) in [4.78, 5) is 74.9. The van der Waals surface area contributed by atoms with Crippen LogP contribution in [0.1, 0.15) is 125 Å². The highest BCUT2D eigenvalue weighted by Crippen LogP contribution is 2.65. The quantitative estimate of drug-likeness (QED) is 0.0873. The summed E-state index contributed by atoms with van der Waals surface area (Å²) >= 11 is 0. The number of rotatable bonds is 13. The summed E-state index contributed by atoms with van der Waals surface area (Å²) in [6.45, 7) is 20.7. The first kappa shape index (κ1) is 49.9. The first-order chi connectivity index (χ1) is 33.0. The van der Waals surface area contributed by atoms with E-state index in [2.05, 4.69) is 67.8 Å². The molecule has 2 amide bonds. The van der Waals surface area contributed by atoms with Gasteiger partial charge in [-0.1, -0.05) is 87.0 Å². The summed E-state index contributed by atoms with van der Waals surface area (Å²) < 4.78 is 0. The molecule has 0 aromatic heterocycles. The van der Waals surface area contributed by atoms with Crippen molar-refractivity contribution in [3.8, 4) is 11.5 Å². The molecule has 3 fully saturated rings. The predicted molar refractivity (Wildman–Crippen MR) is 274 cm³/mol. The topological polar surface area (TPSA) is 139 Å². The molecule has 8 rings (SSSR count). The molecular formula is C58H66N4O7. The first-order valence-electron chi connectivity index (χ1n) is 24.3. The van der Waals surface area contributed by atoms with Gasteiger partial charge in [0.2, 0.25) is 0 Å². The lowest BCUT2D eigenvalue weighted by Crippen LogP contribution is -2.51. The molecule has 11 heteroatoms. The molecule has 0 radical (unpaired) electrons. The Labute approximate surface area is 407 Å². The highest BCUT2D eigenvalue weighted by molar-refractivity contribution is 6.17. The fraction of sp³-hybridized carbons (Fsp3) is 0.362. The lowest BCUT2D eigenvalue weighted by molar-refractivity contribution is -0.125. The van der Waals surface area contributed by atoms with Gasteiger partial charge in [-0.05, 0) is 112 Å². The lowest BCUT2D eigenvalue weighted by atomic mass is 9.70. The summed E-state index contributed by atoms with van der Waals surface area (Å²) in [5, 5.41) is 21.6. The van der Waals surface area contributed by atoms with E-state index in [0.717, 1.165) is 61.5 Å². The van der Waals surface area contributed by atoms with Crippen LogP contribution in [0.15, 0.2) is 115 Å². The number of phenols is 2. The van der Waals surface area contributed by atoms with Crippen LogP contribution < -0.4 is 9.80 Å². The molecule has 2 bridgehead atoms. The van der Waals surface area contributed by atoms with Crippen molar-refractivity contribution < 1.29 is 34.2 Å². The Kier molecular flexibility index (Phi) is 15.0. The number of Topliss-reactive ketones (excluding diaryl/α,β-unsaturated/α-hetero) is 1. The number of fused-ring (bicyclic) bond motifs is 2. The maximum atomic E-state index is 13.8. The van der Waals surface area contributed by atoms with Crippen molar-refractivity contribution in [2.45, 2.75) is 68.2 Å². The summed E-state index contributed by atoms with van der Waals surface area (Å²) in [6.07, 6.45) is 4.33. The van der Waals surface area contributed by atoms with Crippen LogP contribution in [0.3, 0.4) is 0 Å². The van der Waals surface area contributed by atoms with Gasteiger partial charge in [-0.3, -0.25) is 24.0 Å². The van der Waals surface area contributed by atoms with Crippen LogP contribution in [0.4, 0.5) is 11.4 Å². The Morgan fingerprint density at radius 1 is 0.594 bits per heavy atom. The largest absolute Gasteiger partial charge is 0.507 e. The molecular weight excluding hydrogens is 865 g/mol. The van der Waals surface area contributed by atoms with Crippen molar-refractivity contribution in [3.63, 3.8) is 0 Å². The van der Waals surface area contributed by atoms with Crippen LogP contribution in [0.25, 0.3) is 6.08 Å². The number of allylic oxidation sites excluding steroid dienone is 1. The number of carbonyl (C=O) groups excluding carboxylic acids is 5. The SMILES string of the molecule is CCN(CC)c1ccc(C(=O)c2ccccc2C(=O)N2CCN(C(=O)c3ccccc3C(=O)c3ccc(N(CC)CC)cc3O)CC2)c(O)c1.Cc1ccc(C=C2C(=O)C3(C)CCC2C3(C)C)cc1. The second-order valence-electron chi connectivity index (χ2n) is 19.1. The molecule has 1 aliphatic heterocycles. The third-order valence-electron chi connectivity index (χ3n) is 15.1. The van der Waals surface area contributed by atoms with E-state index in [1.807, 2.05) is 27.7 Å². The zero-order chi connectivity index (χ0) is 49.8. The summed E-state index contributed by atoms with van der Waals surface area (Å²) in [7, 11) is 0. The molecule has 2 saturated carbocycles. The van der Waals surface area contributed by atoms with Crippen LogP contribution in [-0.4, -0.2) is 102 Å². The van der Waals surface area contributed by atoms with Crippen molar-refractivity contribution in [1.82, 2.24) is 9.80 Å². The smallest absolute Gasteiger partial charge is 0.254 e. The third-order valence-corrected chi connectivity index (χ3v) is 15.1. The van der Waals surface area contributed by atoms with Gasteiger partial charge in [0.1, 0.15) is 11.5 Å². The van der Waals surface area contributed by atoms with E-state index in [9.17, 15) is 34.2 Å². The minimum atomic E-state index is -0.457. The molecule has 360 valence electrons. The molecule has 2 aliphatic carbocycles. The van der Waals surface area contributed by atoms with Crippen molar-refractivity contribution in [2.24, 2.45) is 16.7 Å². The maximum absolute atomic E-state index is 13.8. The lowest BCUT2D eigenvalue weighted by Gasteiger charge is -2.35. The van der Waals surface area contributed by atoms with E-state index in [4.69, 9.17) is 0 Å². The Hall–Kier alpha value is -7.01. The number of piperazine rings is 1. The number of ketones is 3. The van der Waals surface area contributed by atoms with Gasteiger partial charge in [0.25, 0.3) is 11.8 Å². The van der Waals surface area contributed by atoms with Gasteiger partial charge in [0.15, 0.2) is 17.3 Å². The molecule has 69 heavy (non-hydrogen) atoms. The van der Waals surface area contributed by atoms with E-state index < -0.39 is 11.6 Å². The molecule has 2 N–H and O–H groups in total. The Balaban J connectivity index is 0.000000306. The van der Waals surface area contributed by atoms with Gasteiger partial charge in [-0.2, -0.15) is 0 Å². The normalized spacial score (nSPS) is 18.7. The van der Waals surface area contributed by atoms with Gasteiger partial charge in [-0.15, -0.1) is 0 Å². The molecule has 0 spiro atoms. The average Bonchev–Trinajstić information content (AvgIpc) is 3.68. The zero-order valence-corrected chi connectivity index (χ0v) is 41.3. The van der Waals surface area contributed by atoms with E-state index >= 15 is 0 Å². The number of benzene rings is 5. The first-order valence-corrected chi connectivity index (χ1v) is 24.3. The van der Waals surface area contributed by atoms with Crippen molar-refractivity contribution in [1.29, 1.82) is 0 Å². The number of hydrogen-bond donors (Lipinski definition) is 2. The van der Waals surface area contributed by atoms with Crippen LogP contribution in [0, 0.1) is 23.7 Å². The number of phenolic OH excluding ortho intramolecular Hbond substituents is 2. The van der Waals surface area contributed by atoms with Gasteiger partial charge >= 0.3 is 0 Å². The molecule has 5 aromatic carbocycles. The Bertz CT molecular complexity index is 2640. The third kappa shape index (κ3) is 9.69. The van der Waals surface area contributed by atoms with E-state index in [0.29, 0.717) is 11.7 Å². The summed E-state index contributed by atoms with van der Waals surface area (Å²) in [5.74, 6) is -1.10. The minimum Gasteiger partial charge on any atom is -0.507 e. The van der Waals surface area contributed by atoms with Crippen LogP contribution in [0.5, 0.6) is 11.5 Å². The van der Waals surface area contributed by atoms with Gasteiger partial charge in [-0.25, -0.2) is 0 Å². The fourth-order valence-corrected chi connectivity index (χ4v) is 10.4. The molecule has 3 aliphatic rings. The van der Waals surface area contributed by atoms with Gasteiger partial charge in [0.05, 0.1) is 22.3 Å². The monoisotopic (exact) mass is 930 g/mol. The number of hydrogen-bond acceptors (Lipinski definition) is 9. The zero-order valence-electron chi connectivity index (χ0n) is 41.3. The number of aromatic hydroxyl groups is 2. The van der Waals surface area contributed by atoms with Crippen molar-refractivity contribution in [2.75, 3.05) is 62.2 Å². The van der Waals surface area contributed by atoms with Crippen molar-refractivity contribution in [3.05, 3.63) is 159 Å². The molecule has 1 heterocycles. The van der Waals surface area contributed by atoms with Crippen LogP contribution in [0.2, 0.25) is 0 Å². The Morgan fingerprint density at radius 2 is 1.00 bits per heavy atom. The fourth-order valence-electron chi connectivity index (χ4n) is 10.4. The Morgan fingerprint density at radius 3 is 1.36 bits per heavy atom. The molecule has 5 aromatic rings. The van der Waals surface area contributed by atoms with Gasteiger partial charge in [0, 0.05) is 92.4 Å². The highest BCUT2D eigenvalue weighted by Gasteiger charge is 2.63. The highest BCUT2D eigenvalue weighted by atomic mass is 16.3. The molecule has 2 atom stereocenters. The maximum Gasteiger partial charge on any atom is 0.254 e. The summed E-state index contributed by atoms with van der Waals surface area (Å²) in [6, 6.07) is 31.4. The minimum absolute atomic E-state index is 0.109. The second-order valence-corrected chi connectivity index (χ2v) is 19.1. The number of carbonyl (C=O) groups is 5. The summed E-state index contributed by atoms with van der Waals surface area (Å²) in [5.41, 5.74) is 6.05. The van der Waals surface area contributed by atoms with Crippen molar-refractivity contribution >= 4 is 46.6 Å². The second kappa shape index (κ2) is 20.7. The van der Waals surface area contributed by atoms with E-state index in [1.54, 1.807) is 94.7 Å². The molecule has 11 nitrogen and oxygen atoms in total. The number of anilines is 2. The van der Waals surface area contributed by atoms with Crippen LogP contribution in [-0.2, 0) is 4.79 Å². The van der Waals surface area contributed by atoms with E-state index in [-0.39, 0.29) is 93.7 Å². The molecule has 1 saturated heterocycles. The number of amides is 2. The predicted octanol–water partition coefficient (Wildman–Crippen LogP) is 10.3. The van der Waals surface area contributed by atoms with Gasteiger partial charge < -0.3 is 29.8 Å². The molecule has 2 unspecified atom stereocenters. The number of aryl methyl sites for hydroxylation is 1. The number of nitrogens with zero attached hydrogens (tertiary/aromatic N) is 4. The van der Waals surface area contributed by atoms with Crippen LogP contribution >= 0.6 is 0 Å². The standard InChI is InChI=1S/C40H44N4O6.C18H22O/c1-5-41(6-2)27-17-19-33(35(45)25-27)37(47)29-13-9-11-15-31(29)39(49)43-21-23-44(24-22-43)40(50)32-16-12-10-14-30(32)38(48)34-20-18-28(26-36(34)46)42(7-3)8-4;1-12-5-7-13(8-6-12)11-14-15-9-10-18(4,16(14)19)17(15,2)3/h9-20,25-26,45-46H,5-8,21-24H2,1-4H3;5-8,11,15H,9-10H2,1-4H3. The average molecular weight is 931 g/mol. The van der Waals surface area contributed by atoms with E-state index in [1.165, 1.54) is 5.56 Å².